The van der Waals surface area contributed by atoms with Crippen molar-refractivity contribution in [1.82, 2.24) is 4.72 Å². The van der Waals surface area contributed by atoms with Crippen LogP contribution in [0.5, 0.6) is 0 Å². The Morgan fingerprint density at radius 1 is 1.24 bits per heavy atom. The Morgan fingerprint density at radius 2 is 1.86 bits per heavy atom. The lowest BCUT2D eigenvalue weighted by Crippen LogP contribution is -2.39. The molecule has 0 spiro atoms. The van der Waals surface area contributed by atoms with Gasteiger partial charge in [-0.25, -0.2) is 13.2 Å². The first-order valence-electron chi connectivity index (χ1n) is 5.81. The number of rotatable bonds is 5. The number of nitrogen functional groups attached to an aromatic ring is 1. The molecule has 0 radical (unpaired) electrons. The molecule has 1 aromatic rings. The van der Waals surface area contributed by atoms with Gasteiger partial charge < -0.3 is 15.2 Å². The molecule has 116 valence electrons. The number of sulfonamides is 1. The standard InChI is InChI=1S/C12H16N2O6S/c1-7(11(15)19-2)14-21(17,18)10-5-4-8(13)6-9(10)12(16)20-3/h4-7,14H,13H2,1-3H3. The molecule has 0 saturated heterocycles. The van der Waals surface area contributed by atoms with Crippen molar-refractivity contribution < 1.29 is 27.5 Å². The first kappa shape index (κ1) is 16.9. The summed E-state index contributed by atoms with van der Waals surface area (Å²) in [7, 11) is -1.87. The molecule has 0 amide bonds. The summed E-state index contributed by atoms with van der Waals surface area (Å²) in [6.07, 6.45) is 0. The van der Waals surface area contributed by atoms with Crippen molar-refractivity contribution in [3.8, 4) is 0 Å². The number of carbonyl (C=O) groups is 2. The van der Waals surface area contributed by atoms with Crippen LogP contribution in [0.4, 0.5) is 5.69 Å². The Kier molecular flexibility index (Phi) is 5.28. The van der Waals surface area contributed by atoms with Crippen LogP contribution in [0.2, 0.25) is 0 Å². The van der Waals surface area contributed by atoms with Gasteiger partial charge in [0.2, 0.25) is 10.0 Å². The fraction of sp³-hybridized carbons (Fsp3) is 0.333. The molecule has 1 aromatic carbocycles. The fourth-order valence-corrected chi connectivity index (χ4v) is 2.94. The Morgan fingerprint density at radius 3 is 2.38 bits per heavy atom. The largest absolute Gasteiger partial charge is 0.468 e. The fourth-order valence-electron chi connectivity index (χ4n) is 1.57. The van der Waals surface area contributed by atoms with Crippen LogP contribution in [-0.2, 0) is 24.3 Å². The molecule has 0 aliphatic heterocycles. The van der Waals surface area contributed by atoms with Gasteiger partial charge in [0.05, 0.1) is 24.7 Å². The molecule has 0 saturated carbocycles. The van der Waals surface area contributed by atoms with Gasteiger partial charge >= 0.3 is 11.9 Å². The zero-order valence-electron chi connectivity index (χ0n) is 11.7. The number of benzene rings is 1. The molecule has 9 heteroatoms. The minimum atomic E-state index is -4.12. The minimum Gasteiger partial charge on any atom is -0.468 e. The smallest absolute Gasteiger partial charge is 0.339 e. The van der Waals surface area contributed by atoms with Crippen molar-refractivity contribution in [1.29, 1.82) is 0 Å². The Bertz CT molecular complexity index is 656. The predicted octanol–water partition coefficient (Wildman–Crippen LogP) is -0.105. The maximum absolute atomic E-state index is 12.2. The van der Waals surface area contributed by atoms with Gasteiger partial charge in [0, 0.05) is 5.69 Å². The summed E-state index contributed by atoms with van der Waals surface area (Å²) >= 11 is 0. The van der Waals surface area contributed by atoms with Crippen LogP contribution in [0.25, 0.3) is 0 Å². The lowest BCUT2D eigenvalue weighted by molar-refractivity contribution is -0.142. The number of anilines is 1. The lowest BCUT2D eigenvalue weighted by Gasteiger charge is -2.14. The van der Waals surface area contributed by atoms with Crippen molar-refractivity contribution >= 4 is 27.6 Å². The first-order valence-corrected chi connectivity index (χ1v) is 7.29. The molecule has 0 aromatic heterocycles. The van der Waals surface area contributed by atoms with E-state index in [1.165, 1.54) is 19.1 Å². The zero-order valence-corrected chi connectivity index (χ0v) is 12.6. The minimum absolute atomic E-state index is 0.204. The maximum atomic E-state index is 12.2. The van der Waals surface area contributed by atoms with Crippen molar-refractivity contribution in [2.24, 2.45) is 0 Å². The van der Waals surface area contributed by atoms with Crippen LogP contribution in [0.1, 0.15) is 17.3 Å². The number of methoxy groups -OCH3 is 2. The van der Waals surface area contributed by atoms with Gasteiger partial charge in [-0.3, -0.25) is 4.79 Å². The summed E-state index contributed by atoms with van der Waals surface area (Å²) in [5, 5.41) is 0. The second-order valence-electron chi connectivity index (χ2n) is 4.11. The van der Waals surface area contributed by atoms with E-state index in [1.54, 1.807) is 0 Å². The molecule has 3 N–H and O–H groups in total. The van der Waals surface area contributed by atoms with E-state index in [0.29, 0.717) is 0 Å². The second-order valence-corrected chi connectivity index (χ2v) is 5.80. The van der Waals surface area contributed by atoms with Gasteiger partial charge in [0.25, 0.3) is 0 Å². The predicted molar refractivity (Wildman–Crippen MR) is 74.0 cm³/mol. The monoisotopic (exact) mass is 316 g/mol. The highest BCUT2D eigenvalue weighted by molar-refractivity contribution is 7.89. The molecule has 0 aliphatic carbocycles. The lowest BCUT2D eigenvalue weighted by atomic mass is 10.2. The SMILES string of the molecule is COC(=O)c1cc(N)ccc1S(=O)(=O)NC(C)C(=O)OC. The highest BCUT2D eigenvalue weighted by atomic mass is 32.2. The number of hydrogen-bond acceptors (Lipinski definition) is 7. The molecule has 0 bridgehead atoms. The number of hydrogen-bond donors (Lipinski definition) is 2. The molecular formula is C12H16N2O6S. The highest BCUT2D eigenvalue weighted by Crippen LogP contribution is 2.20. The van der Waals surface area contributed by atoms with Crippen LogP contribution in [-0.4, -0.2) is 40.6 Å². The molecule has 0 fully saturated rings. The van der Waals surface area contributed by atoms with Gasteiger partial charge in [0.15, 0.2) is 0 Å². The summed E-state index contributed by atoms with van der Waals surface area (Å²) in [6.45, 7) is 1.32. The highest BCUT2D eigenvalue weighted by Gasteiger charge is 2.27. The van der Waals surface area contributed by atoms with Gasteiger partial charge in [-0.2, -0.15) is 4.72 Å². The maximum Gasteiger partial charge on any atom is 0.339 e. The molecule has 1 rings (SSSR count). The van der Waals surface area contributed by atoms with Crippen LogP contribution < -0.4 is 10.5 Å². The third kappa shape index (κ3) is 3.92. The molecule has 21 heavy (non-hydrogen) atoms. The second kappa shape index (κ2) is 6.55. The Hall–Kier alpha value is -2.13. The summed E-state index contributed by atoms with van der Waals surface area (Å²) in [5.74, 6) is -1.61. The van der Waals surface area contributed by atoms with E-state index in [-0.39, 0.29) is 16.1 Å². The van der Waals surface area contributed by atoms with Gasteiger partial charge in [-0.1, -0.05) is 0 Å². The van der Waals surface area contributed by atoms with Crippen LogP contribution >= 0.6 is 0 Å². The van der Waals surface area contributed by atoms with Crippen molar-refractivity contribution in [2.45, 2.75) is 17.9 Å². The van der Waals surface area contributed by atoms with Gasteiger partial charge in [-0.05, 0) is 25.1 Å². The summed E-state index contributed by atoms with van der Waals surface area (Å²) in [6, 6.07) is 2.56. The molecule has 1 unspecified atom stereocenters. The summed E-state index contributed by atoms with van der Waals surface area (Å²) < 4.78 is 35.6. The Balaban J connectivity index is 3.26. The number of nitrogens with one attached hydrogen (secondary N) is 1. The van der Waals surface area contributed by atoms with Crippen LogP contribution in [0.3, 0.4) is 0 Å². The normalized spacial score (nSPS) is 12.5. The van der Waals surface area contributed by atoms with E-state index < -0.39 is 28.0 Å². The van der Waals surface area contributed by atoms with Crippen LogP contribution in [0, 0.1) is 0 Å². The molecular weight excluding hydrogens is 300 g/mol. The third-order valence-electron chi connectivity index (χ3n) is 2.59. The van der Waals surface area contributed by atoms with E-state index in [0.717, 1.165) is 20.3 Å². The Labute approximate surface area is 122 Å². The van der Waals surface area contributed by atoms with Crippen molar-refractivity contribution in [2.75, 3.05) is 20.0 Å². The average Bonchev–Trinajstić information content (AvgIpc) is 2.44. The topological polar surface area (TPSA) is 125 Å². The third-order valence-corrected chi connectivity index (χ3v) is 4.18. The molecule has 0 heterocycles. The zero-order chi connectivity index (χ0) is 16.2. The summed E-state index contributed by atoms with van der Waals surface area (Å²) in [4.78, 5) is 22.6. The van der Waals surface area contributed by atoms with E-state index in [2.05, 4.69) is 14.2 Å². The van der Waals surface area contributed by atoms with Crippen molar-refractivity contribution in [3.63, 3.8) is 0 Å². The number of carbonyl (C=O) groups excluding carboxylic acids is 2. The molecule has 8 nitrogen and oxygen atoms in total. The van der Waals surface area contributed by atoms with Gasteiger partial charge in [-0.15, -0.1) is 0 Å². The van der Waals surface area contributed by atoms with E-state index >= 15 is 0 Å². The van der Waals surface area contributed by atoms with Gasteiger partial charge in [0.1, 0.15) is 6.04 Å². The average molecular weight is 316 g/mol. The molecule has 0 aliphatic rings. The van der Waals surface area contributed by atoms with E-state index in [4.69, 9.17) is 5.73 Å². The first-order chi connectivity index (χ1) is 9.72. The van der Waals surface area contributed by atoms with E-state index in [9.17, 15) is 18.0 Å². The summed E-state index contributed by atoms with van der Waals surface area (Å²) in [5.41, 5.74) is 5.52. The number of esters is 2. The molecule has 1 atom stereocenters. The number of nitrogens with two attached hydrogens (primary N) is 1. The quantitative estimate of drug-likeness (QED) is 0.573. The number of ether oxygens (including phenoxy) is 2. The van der Waals surface area contributed by atoms with Crippen LogP contribution in [0.15, 0.2) is 23.1 Å². The van der Waals surface area contributed by atoms with E-state index in [1.807, 2.05) is 0 Å². The van der Waals surface area contributed by atoms with Crippen molar-refractivity contribution in [3.05, 3.63) is 23.8 Å².